The Balaban J connectivity index is 0.710. The summed E-state index contributed by atoms with van der Waals surface area (Å²) >= 11 is 2.84. The molecule has 0 saturated carbocycles. The molecule has 3 aliphatic heterocycles. The van der Waals surface area contributed by atoms with E-state index in [1.807, 2.05) is 67.3 Å². The minimum absolute atomic E-state index is 0.0151. The van der Waals surface area contributed by atoms with Crippen LogP contribution in [0.3, 0.4) is 0 Å². The number of hydrogen-bond acceptors (Lipinski definition) is 18. The number of nitrogens with zero attached hydrogens (tertiary/aromatic N) is 8. The van der Waals surface area contributed by atoms with Gasteiger partial charge in [-0.15, -0.1) is 21.5 Å². The summed E-state index contributed by atoms with van der Waals surface area (Å²) in [6, 6.07) is 17.3. The van der Waals surface area contributed by atoms with Crippen molar-refractivity contribution < 1.29 is 57.0 Å². The summed E-state index contributed by atoms with van der Waals surface area (Å²) in [6.45, 7) is 12.5. The molecule has 8 N–H and O–H groups in total. The van der Waals surface area contributed by atoms with Crippen LogP contribution in [0.2, 0.25) is 0 Å². The lowest BCUT2D eigenvalue weighted by Gasteiger charge is -2.43. The van der Waals surface area contributed by atoms with Gasteiger partial charge in [-0.2, -0.15) is 0 Å². The molecule has 3 aromatic heterocycles. The molecule has 6 aromatic rings. The Hall–Kier alpha value is -8.94. The lowest BCUT2D eigenvalue weighted by atomic mass is 10.0. The number of amides is 7. The van der Waals surface area contributed by atoms with E-state index in [9.17, 15) is 38.7 Å². The van der Waals surface area contributed by atoms with Crippen molar-refractivity contribution in [2.24, 2.45) is 11.7 Å². The molecule has 9 rings (SSSR count). The van der Waals surface area contributed by atoms with E-state index in [4.69, 9.17) is 15.2 Å². The smallest absolute Gasteiger partial charge is 0.355 e. The van der Waals surface area contributed by atoms with Crippen molar-refractivity contribution in [1.29, 1.82) is 0 Å². The number of thiazole rings is 2. The monoisotopic (exact) mass is 1280 g/mol. The number of nitrogens with one attached hydrogen (secondary N) is 5. The van der Waals surface area contributed by atoms with Crippen LogP contribution in [0.15, 0.2) is 78.9 Å². The maximum atomic E-state index is 15.4. The Labute approximate surface area is 534 Å². The van der Waals surface area contributed by atoms with Crippen LogP contribution in [-0.4, -0.2) is 172 Å². The Kier molecular flexibility index (Phi) is 22.4. The van der Waals surface area contributed by atoms with Crippen molar-refractivity contribution >= 4 is 102 Å². The molecular weight excluding hydrogens is 1210 g/mol. The second-order valence-corrected chi connectivity index (χ2v) is 25.3. The first kappa shape index (κ1) is 66.5. The molecule has 3 aromatic carbocycles. The first-order valence-electron chi connectivity index (χ1n) is 30.4. The van der Waals surface area contributed by atoms with Crippen LogP contribution in [0.4, 0.5) is 36.8 Å². The van der Waals surface area contributed by atoms with Gasteiger partial charge in [0.1, 0.15) is 18.6 Å². The fourth-order valence-corrected chi connectivity index (χ4v) is 12.9. The van der Waals surface area contributed by atoms with Crippen LogP contribution in [0.5, 0.6) is 5.75 Å². The van der Waals surface area contributed by atoms with Gasteiger partial charge in [-0.3, -0.25) is 33.8 Å². The summed E-state index contributed by atoms with van der Waals surface area (Å²) in [6.07, 6.45) is 5.12. The molecule has 27 heteroatoms. The molecule has 0 bridgehead atoms. The van der Waals surface area contributed by atoms with Gasteiger partial charge >= 0.3 is 12.0 Å². The maximum Gasteiger partial charge on any atom is 0.355 e. The Bertz CT molecular complexity index is 3700. The largest absolute Gasteiger partial charge is 0.491 e. The molecule has 1 fully saturated rings. The van der Waals surface area contributed by atoms with E-state index in [1.54, 1.807) is 26.0 Å². The molecule has 0 aliphatic carbocycles. The normalized spacial score (nSPS) is 15.5. The first-order valence-corrected chi connectivity index (χ1v) is 32.0. The second-order valence-electron chi connectivity index (χ2n) is 23.2. The van der Waals surface area contributed by atoms with Gasteiger partial charge in [0.2, 0.25) is 17.7 Å². The van der Waals surface area contributed by atoms with E-state index in [0.29, 0.717) is 58.7 Å². The number of carboxylic acid groups (broad SMARTS) is 1. The number of carboxylic acids is 1. The molecule has 7 amide bonds. The summed E-state index contributed by atoms with van der Waals surface area (Å²) < 4.78 is 28.6. The number of nitrogens with two attached hydrogens (primary N) is 1. The predicted molar refractivity (Wildman–Crippen MR) is 344 cm³/mol. The van der Waals surface area contributed by atoms with Crippen molar-refractivity contribution in [3.8, 4) is 17.6 Å². The number of carbonyl (C=O) groups excluding carboxylic acids is 6. The minimum atomic E-state index is -1.13. The molecule has 3 atom stereocenters. The average Bonchev–Trinajstić information content (AvgIpc) is 2.03. The number of para-hydroxylation sites is 1. The summed E-state index contributed by atoms with van der Waals surface area (Å²) in [5.41, 5.74) is 10.2. The van der Waals surface area contributed by atoms with Gasteiger partial charge in [0.15, 0.2) is 39.2 Å². The summed E-state index contributed by atoms with van der Waals surface area (Å²) in [5.74, 6) is 3.37. The number of aryl methyl sites for hydroxylation is 1. The number of fused-ring (bicyclic) bond motifs is 2. The second kappa shape index (κ2) is 30.7. The molecule has 480 valence electrons. The fraction of sp³-hybridized carbons (Fsp3) is 0.422. The van der Waals surface area contributed by atoms with Crippen molar-refractivity contribution in [2.75, 3.05) is 88.2 Å². The number of imide groups is 1. The third-order valence-electron chi connectivity index (χ3n) is 16.1. The Morgan fingerprint density at radius 3 is 2.36 bits per heavy atom. The first-order chi connectivity index (χ1) is 43.7. The highest BCUT2D eigenvalue weighted by Gasteiger charge is 2.33. The summed E-state index contributed by atoms with van der Waals surface area (Å²) in [5, 5.41) is 34.8. The van der Waals surface area contributed by atoms with E-state index in [1.165, 1.54) is 40.9 Å². The van der Waals surface area contributed by atoms with Gasteiger partial charge < -0.3 is 56.3 Å². The molecule has 1 unspecified atom stereocenters. The van der Waals surface area contributed by atoms with Gasteiger partial charge in [-0.1, -0.05) is 61.3 Å². The highest BCUT2D eigenvalue weighted by molar-refractivity contribution is 7.22. The molecule has 91 heavy (non-hydrogen) atoms. The number of anilines is 5. The zero-order valence-electron chi connectivity index (χ0n) is 51.5. The number of likely N-dealkylation sites (N-methyl/N-ethyl adjacent to an activating group) is 1. The molecule has 1 saturated heterocycles. The molecule has 0 radical (unpaired) electrons. The van der Waals surface area contributed by atoms with E-state index >= 15 is 4.39 Å². The topological polar surface area (TPSA) is 306 Å². The number of benzene rings is 3. The number of hydrogen-bond donors (Lipinski definition) is 7. The van der Waals surface area contributed by atoms with E-state index in [2.05, 4.69) is 70.5 Å². The number of urea groups is 1. The molecule has 3 aliphatic rings. The van der Waals surface area contributed by atoms with E-state index < -0.39 is 59.4 Å². The number of carbonyl (C=O) groups is 7. The lowest BCUT2D eigenvalue weighted by molar-refractivity contribution is -0.926. The summed E-state index contributed by atoms with van der Waals surface area (Å²) in [7, 11) is 2.20. The maximum absolute atomic E-state index is 15.4. The zero-order chi connectivity index (χ0) is 64.8. The highest BCUT2D eigenvalue weighted by Crippen LogP contribution is 2.39. The predicted octanol–water partition coefficient (Wildman–Crippen LogP) is 6.57. The van der Waals surface area contributed by atoms with Crippen molar-refractivity contribution in [3.05, 3.63) is 118 Å². The van der Waals surface area contributed by atoms with Crippen LogP contribution >= 0.6 is 22.7 Å². The van der Waals surface area contributed by atoms with Crippen LogP contribution in [0.25, 0.3) is 10.2 Å². The van der Waals surface area contributed by atoms with Gasteiger partial charge in [-0.05, 0) is 101 Å². The van der Waals surface area contributed by atoms with Crippen LogP contribution in [0, 0.1) is 30.5 Å². The van der Waals surface area contributed by atoms with Gasteiger partial charge in [-0.25, -0.2) is 23.9 Å². The Morgan fingerprint density at radius 1 is 0.890 bits per heavy atom. The van der Waals surface area contributed by atoms with Crippen LogP contribution < -0.4 is 42.0 Å². The third-order valence-corrected chi connectivity index (χ3v) is 18.2. The van der Waals surface area contributed by atoms with Crippen molar-refractivity contribution in [1.82, 2.24) is 45.9 Å². The Morgan fingerprint density at radius 2 is 1.65 bits per heavy atom. The van der Waals surface area contributed by atoms with Gasteiger partial charge in [0.05, 0.1) is 62.8 Å². The number of primary amides is 1. The van der Waals surface area contributed by atoms with Crippen molar-refractivity contribution in [3.63, 3.8) is 0 Å². The van der Waals surface area contributed by atoms with Gasteiger partial charge in [0, 0.05) is 77.6 Å². The average molecular weight is 1280 g/mol. The SMILES string of the molecule is Cc1c(Nc2nc3ccccc3s2)nnc2c1CCCN2c1nc(C(=O)O)c(CCCOc2ccc(C#CC(C)N3CC[N+](C)(Cc4ccc(NC(=O)[C@H](CCCNC(N)=O)NC(=O)[C@@H](NC(=O)CCOCCN5C(=O)C=CC5=O)C(C)C)cc4)CC3)cc2F)s1. The molecular formula is C64H76FN14O10S2+. The number of ether oxygens (including phenoxy) is 2. The number of aromatic carboxylic acids is 1. The van der Waals surface area contributed by atoms with E-state index in [-0.39, 0.29) is 69.2 Å². The van der Waals surface area contributed by atoms with Gasteiger partial charge in [0.25, 0.3) is 11.8 Å². The number of piperazine rings is 1. The molecule has 24 nitrogen and oxygen atoms in total. The quantitative estimate of drug-likeness (QED) is 0.0118. The van der Waals surface area contributed by atoms with Crippen LogP contribution in [-0.2, 0) is 48.1 Å². The summed E-state index contributed by atoms with van der Waals surface area (Å²) in [4.78, 5) is 103. The van der Waals surface area contributed by atoms with Crippen molar-refractivity contribution in [2.45, 2.75) is 97.3 Å². The molecule has 6 heterocycles. The number of halogens is 1. The van der Waals surface area contributed by atoms with Crippen LogP contribution in [0.1, 0.15) is 90.5 Å². The standard InChI is InChI=1S/C64H75FN14O10S2/c1-39(2)55(71-52(80)26-35-88-36-31-77-53(81)24-25-54(77)82)60(84)69-48(13-8-27-67-62(66)87)59(83)68-44-21-18-43(19-22-44)38-79(5)32-29-76(30-33-79)40(3)16-17-42-20-23-49(46(65)37-42)89-34-10-15-51-56(61(85)86)72-64(91-51)78-28-9-11-45-41(4)57(74-75-58(45)78)73-63-70-47-12-6-7-14-50(47)90-63/h6-7,12,14,18-25,37,39-40,48,55H,8-11,13,15,26-36,38H2,1-5H3,(H7-,66,67,68,69,70,71,73,74,80,83,84,85,86,87)/p+1/t40?,48-,55-/m0/s1. The third kappa shape index (κ3) is 17.7. The number of aromatic nitrogens is 4. The fourth-order valence-electron chi connectivity index (χ4n) is 10.9. The minimum Gasteiger partial charge on any atom is -0.491 e. The molecule has 0 spiro atoms. The zero-order valence-corrected chi connectivity index (χ0v) is 53.1. The number of quaternary nitrogens is 1. The number of rotatable bonds is 28. The highest BCUT2D eigenvalue weighted by atomic mass is 32.1. The van der Waals surface area contributed by atoms with E-state index in [0.717, 1.165) is 87.0 Å². The lowest BCUT2D eigenvalue weighted by Crippen LogP contribution is -2.58.